The summed E-state index contributed by atoms with van der Waals surface area (Å²) in [6.45, 7) is 1.46. The van der Waals surface area contributed by atoms with Crippen molar-refractivity contribution in [2.24, 2.45) is 0 Å². The molecular formula is C17H14ClNO3. The van der Waals surface area contributed by atoms with Crippen LogP contribution < -0.4 is 9.47 Å². The number of hydrogen-bond acceptors (Lipinski definition) is 4. The molecule has 0 spiro atoms. The number of aromatic nitrogens is 1. The number of carbonyl (C=O) groups is 1. The van der Waals surface area contributed by atoms with Gasteiger partial charge >= 0.3 is 0 Å². The predicted molar refractivity (Wildman–Crippen MR) is 84.8 cm³/mol. The quantitative estimate of drug-likeness (QED) is 0.495. The molecule has 0 radical (unpaired) electrons. The van der Waals surface area contributed by atoms with Gasteiger partial charge in [-0.1, -0.05) is 23.4 Å². The van der Waals surface area contributed by atoms with E-state index in [1.807, 2.05) is 0 Å². The van der Waals surface area contributed by atoms with Crippen LogP contribution in [0, 0.1) is 11.8 Å². The second kappa shape index (κ2) is 6.97. The summed E-state index contributed by atoms with van der Waals surface area (Å²) in [6.07, 6.45) is 1.49. The number of pyridine rings is 1. The highest BCUT2D eigenvalue weighted by atomic mass is 35.5. The summed E-state index contributed by atoms with van der Waals surface area (Å²) in [5, 5.41) is 0.263. The number of Topliss-reactive ketones (excluding diaryl/α,β-unsaturated/α-hetero) is 1. The summed E-state index contributed by atoms with van der Waals surface area (Å²) in [5.41, 5.74) is 1.68. The molecule has 22 heavy (non-hydrogen) atoms. The van der Waals surface area contributed by atoms with E-state index in [1.165, 1.54) is 19.2 Å². The minimum absolute atomic E-state index is 0.114. The normalized spacial score (nSPS) is 9.64. The van der Waals surface area contributed by atoms with Gasteiger partial charge in [-0.15, -0.1) is 0 Å². The molecule has 0 saturated carbocycles. The average Bonchev–Trinajstić information content (AvgIpc) is 2.53. The van der Waals surface area contributed by atoms with Gasteiger partial charge in [0.25, 0.3) is 0 Å². The van der Waals surface area contributed by atoms with E-state index in [4.69, 9.17) is 21.1 Å². The summed E-state index contributed by atoms with van der Waals surface area (Å²) >= 11 is 5.81. The molecule has 2 aromatic rings. The third-order valence-corrected chi connectivity index (χ3v) is 3.15. The number of rotatable bonds is 3. The summed E-state index contributed by atoms with van der Waals surface area (Å²) in [6, 6.07) is 6.84. The van der Waals surface area contributed by atoms with Crippen molar-refractivity contribution in [2.45, 2.75) is 6.92 Å². The van der Waals surface area contributed by atoms with Crippen molar-refractivity contribution in [3.63, 3.8) is 0 Å². The van der Waals surface area contributed by atoms with E-state index in [-0.39, 0.29) is 10.9 Å². The highest BCUT2D eigenvalue weighted by molar-refractivity contribution is 6.29. The Labute approximate surface area is 134 Å². The van der Waals surface area contributed by atoms with Crippen molar-refractivity contribution in [3.05, 3.63) is 52.3 Å². The lowest BCUT2D eigenvalue weighted by atomic mass is 10.1. The predicted octanol–water partition coefficient (Wildman–Crippen LogP) is 3.35. The van der Waals surface area contributed by atoms with Crippen molar-refractivity contribution in [2.75, 3.05) is 14.2 Å². The van der Waals surface area contributed by atoms with Crippen LogP contribution in [-0.4, -0.2) is 25.0 Å². The van der Waals surface area contributed by atoms with E-state index in [2.05, 4.69) is 16.8 Å². The fourth-order valence-corrected chi connectivity index (χ4v) is 2.00. The third kappa shape index (κ3) is 3.78. The van der Waals surface area contributed by atoms with Gasteiger partial charge in [-0.3, -0.25) is 4.79 Å². The van der Waals surface area contributed by atoms with Gasteiger partial charge in [-0.2, -0.15) is 0 Å². The molecule has 0 saturated heterocycles. The lowest BCUT2D eigenvalue weighted by Gasteiger charge is -2.04. The smallest absolute Gasteiger partial charge is 0.161 e. The van der Waals surface area contributed by atoms with Gasteiger partial charge < -0.3 is 9.47 Å². The van der Waals surface area contributed by atoms with Crippen molar-refractivity contribution in [3.8, 4) is 23.3 Å². The van der Waals surface area contributed by atoms with Crippen molar-refractivity contribution in [1.29, 1.82) is 0 Å². The molecule has 0 aliphatic rings. The molecule has 5 heteroatoms. The number of ether oxygens (including phenoxy) is 2. The van der Waals surface area contributed by atoms with E-state index in [0.29, 0.717) is 28.2 Å². The Morgan fingerprint density at radius 3 is 2.27 bits per heavy atom. The van der Waals surface area contributed by atoms with Crippen molar-refractivity contribution in [1.82, 2.24) is 4.98 Å². The fraction of sp³-hybridized carbons (Fsp3) is 0.176. The van der Waals surface area contributed by atoms with Crippen LogP contribution in [0.15, 0.2) is 30.5 Å². The lowest BCUT2D eigenvalue weighted by Crippen LogP contribution is -1.98. The Morgan fingerprint density at radius 2 is 1.73 bits per heavy atom. The number of carbonyl (C=O) groups excluding carboxylic acids is 1. The average molecular weight is 316 g/mol. The zero-order valence-electron chi connectivity index (χ0n) is 12.4. The number of ketones is 1. The van der Waals surface area contributed by atoms with Crippen LogP contribution >= 0.6 is 11.6 Å². The number of benzene rings is 1. The van der Waals surface area contributed by atoms with Crippen LogP contribution in [0.5, 0.6) is 11.5 Å². The van der Waals surface area contributed by atoms with Crippen LogP contribution in [0.25, 0.3) is 0 Å². The standard InChI is InChI=1S/C17H14ClNO3/c1-11(20)16-9-17(18)19-10-13(16)5-4-12-6-14(21-2)8-15(7-12)22-3/h6-10H,1-3H3. The van der Waals surface area contributed by atoms with E-state index in [0.717, 1.165) is 0 Å². The van der Waals surface area contributed by atoms with Gasteiger partial charge in [0.2, 0.25) is 0 Å². The zero-order chi connectivity index (χ0) is 16.1. The van der Waals surface area contributed by atoms with Crippen LogP contribution in [0.1, 0.15) is 28.4 Å². The van der Waals surface area contributed by atoms with E-state index < -0.39 is 0 Å². The van der Waals surface area contributed by atoms with Gasteiger partial charge in [0.1, 0.15) is 16.7 Å². The Morgan fingerprint density at radius 1 is 1.09 bits per heavy atom. The highest BCUT2D eigenvalue weighted by Gasteiger charge is 2.07. The van der Waals surface area contributed by atoms with E-state index in [9.17, 15) is 4.79 Å². The first kappa shape index (κ1) is 15.9. The summed E-state index contributed by atoms with van der Waals surface area (Å²) < 4.78 is 10.4. The highest BCUT2D eigenvalue weighted by Crippen LogP contribution is 2.22. The molecule has 0 bridgehead atoms. The van der Waals surface area contributed by atoms with Crippen LogP contribution in [0.4, 0.5) is 0 Å². The van der Waals surface area contributed by atoms with Gasteiger partial charge in [-0.05, 0) is 25.1 Å². The largest absolute Gasteiger partial charge is 0.497 e. The molecule has 0 amide bonds. The monoisotopic (exact) mass is 315 g/mol. The van der Waals surface area contributed by atoms with Crippen LogP contribution in [-0.2, 0) is 0 Å². The molecule has 4 nitrogen and oxygen atoms in total. The topological polar surface area (TPSA) is 48.4 Å². The lowest BCUT2D eigenvalue weighted by molar-refractivity contribution is 0.101. The molecule has 0 N–H and O–H groups in total. The molecule has 1 aromatic carbocycles. The Hall–Kier alpha value is -2.51. The van der Waals surface area contributed by atoms with Crippen molar-refractivity contribution < 1.29 is 14.3 Å². The van der Waals surface area contributed by atoms with E-state index >= 15 is 0 Å². The molecular weight excluding hydrogens is 302 g/mol. The maximum absolute atomic E-state index is 11.6. The molecule has 0 aliphatic carbocycles. The molecule has 0 unspecified atom stereocenters. The summed E-state index contributed by atoms with van der Waals surface area (Å²) in [7, 11) is 3.14. The second-order valence-electron chi connectivity index (χ2n) is 4.46. The number of nitrogens with zero attached hydrogens (tertiary/aromatic N) is 1. The van der Waals surface area contributed by atoms with Gasteiger partial charge in [0.15, 0.2) is 5.78 Å². The minimum Gasteiger partial charge on any atom is -0.497 e. The second-order valence-corrected chi connectivity index (χ2v) is 4.85. The number of hydrogen-bond donors (Lipinski definition) is 0. The summed E-state index contributed by atoms with van der Waals surface area (Å²) in [5.74, 6) is 7.09. The Balaban J connectivity index is 2.45. The van der Waals surface area contributed by atoms with Gasteiger partial charge in [-0.25, -0.2) is 4.98 Å². The van der Waals surface area contributed by atoms with Gasteiger partial charge in [0, 0.05) is 23.4 Å². The van der Waals surface area contributed by atoms with Crippen molar-refractivity contribution >= 4 is 17.4 Å². The molecule has 1 heterocycles. The maximum Gasteiger partial charge on any atom is 0.161 e. The molecule has 2 rings (SSSR count). The Bertz CT molecular complexity index is 753. The maximum atomic E-state index is 11.6. The van der Waals surface area contributed by atoms with E-state index in [1.54, 1.807) is 32.4 Å². The number of halogens is 1. The van der Waals surface area contributed by atoms with Crippen LogP contribution in [0.2, 0.25) is 5.15 Å². The van der Waals surface area contributed by atoms with Gasteiger partial charge in [0.05, 0.1) is 19.8 Å². The van der Waals surface area contributed by atoms with Crippen LogP contribution in [0.3, 0.4) is 0 Å². The first-order chi connectivity index (χ1) is 10.5. The first-order valence-corrected chi connectivity index (χ1v) is 6.83. The molecule has 112 valence electrons. The SMILES string of the molecule is COc1cc(C#Cc2cnc(Cl)cc2C(C)=O)cc(OC)c1. The molecule has 0 atom stereocenters. The molecule has 0 fully saturated rings. The first-order valence-electron chi connectivity index (χ1n) is 6.45. The minimum atomic E-state index is -0.114. The summed E-state index contributed by atoms with van der Waals surface area (Å²) in [4.78, 5) is 15.6. The fourth-order valence-electron chi connectivity index (χ4n) is 1.84. The Kier molecular flexibility index (Phi) is 5.03. The molecule has 1 aromatic heterocycles. The number of methoxy groups -OCH3 is 2. The third-order valence-electron chi connectivity index (χ3n) is 2.94. The molecule has 0 aliphatic heterocycles. The zero-order valence-corrected chi connectivity index (χ0v) is 13.2.